The molecule has 0 radical (unpaired) electrons. The zero-order chi connectivity index (χ0) is 15.1. The highest BCUT2D eigenvalue weighted by Gasteiger charge is 2.17. The largest absolute Gasteiger partial charge is 0.389 e. The van der Waals surface area contributed by atoms with E-state index >= 15 is 0 Å². The van der Waals surface area contributed by atoms with Crippen LogP contribution >= 0.6 is 0 Å². The molecule has 1 rings (SSSR count). The Balaban J connectivity index is 2.32. The lowest BCUT2D eigenvalue weighted by Crippen LogP contribution is -2.44. The molecule has 1 unspecified atom stereocenters. The number of benzene rings is 1. The maximum absolute atomic E-state index is 13.3. The van der Waals surface area contributed by atoms with Gasteiger partial charge in [0, 0.05) is 12.1 Å². The van der Waals surface area contributed by atoms with Crippen molar-refractivity contribution in [1.29, 1.82) is 0 Å². The summed E-state index contributed by atoms with van der Waals surface area (Å²) in [6, 6.07) is 5.85. The van der Waals surface area contributed by atoms with E-state index in [-0.39, 0.29) is 25.6 Å². The summed E-state index contributed by atoms with van der Waals surface area (Å²) in [7, 11) is 1.69. The van der Waals surface area contributed by atoms with E-state index in [0.717, 1.165) is 0 Å². The van der Waals surface area contributed by atoms with Crippen LogP contribution in [0.1, 0.15) is 12.5 Å². The predicted molar refractivity (Wildman–Crippen MR) is 73.3 cm³/mol. The van der Waals surface area contributed by atoms with Crippen molar-refractivity contribution >= 4 is 5.91 Å². The molecule has 0 aliphatic heterocycles. The SMILES string of the molecule is C[C@H](C(N)=O)N(C)CC(O)COCc1ccccc1F. The third-order valence-corrected chi connectivity index (χ3v) is 3.10. The summed E-state index contributed by atoms with van der Waals surface area (Å²) in [5.41, 5.74) is 5.61. The first-order valence-corrected chi connectivity index (χ1v) is 6.40. The van der Waals surface area contributed by atoms with Crippen LogP contribution in [0.15, 0.2) is 24.3 Å². The summed E-state index contributed by atoms with van der Waals surface area (Å²) < 4.78 is 18.6. The number of amides is 1. The van der Waals surface area contributed by atoms with Gasteiger partial charge in [0.05, 0.1) is 25.4 Å². The molecule has 1 amide bonds. The average molecular weight is 284 g/mol. The quantitative estimate of drug-likeness (QED) is 0.729. The van der Waals surface area contributed by atoms with Crippen LogP contribution < -0.4 is 5.73 Å². The number of halogens is 1. The topological polar surface area (TPSA) is 75.8 Å². The molecular formula is C14H21FN2O3. The van der Waals surface area contributed by atoms with Crippen molar-refractivity contribution in [2.24, 2.45) is 5.73 Å². The van der Waals surface area contributed by atoms with Gasteiger partial charge < -0.3 is 15.6 Å². The summed E-state index contributed by atoms with van der Waals surface area (Å²) in [5.74, 6) is -0.784. The first-order chi connectivity index (χ1) is 9.41. The molecule has 0 aliphatic carbocycles. The smallest absolute Gasteiger partial charge is 0.234 e. The van der Waals surface area contributed by atoms with Crippen LogP contribution in [0.2, 0.25) is 0 Å². The van der Waals surface area contributed by atoms with Gasteiger partial charge in [0.25, 0.3) is 0 Å². The number of carbonyl (C=O) groups excluding carboxylic acids is 1. The average Bonchev–Trinajstić information content (AvgIpc) is 2.39. The molecule has 0 saturated heterocycles. The van der Waals surface area contributed by atoms with Gasteiger partial charge in [0.15, 0.2) is 0 Å². The monoisotopic (exact) mass is 284 g/mol. The van der Waals surface area contributed by atoms with Crippen LogP contribution in [-0.2, 0) is 16.1 Å². The molecule has 1 aromatic carbocycles. The van der Waals surface area contributed by atoms with Crippen molar-refractivity contribution in [3.05, 3.63) is 35.6 Å². The van der Waals surface area contributed by atoms with Gasteiger partial charge in [-0.15, -0.1) is 0 Å². The first kappa shape index (κ1) is 16.6. The van der Waals surface area contributed by atoms with Gasteiger partial charge in [0.1, 0.15) is 5.82 Å². The number of carbonyl (C=O) groups is 1. The molecule has 0 saturated carbocycles. The lowest BCUT2D eigenvalue weighted by Gasteiger charge is -2.24. The Kier molecular flexibility index (Phi) is 6.57. The van der Waals surface area contributed by atoms with Crippen LogP contribution in [0.5, 0.6) is 0 Å². The zero-order valence-electron chi connectivity index (χ0n) is 11.8. The highest BCUT2D eigenvalue weighted by molar-refractivity contribution is 5.79. The van der Waals surface area contributed by atoms with Crippen molar-refractivity contribution in [3.63, 3.8) is 0 Å². The number of nitrogens with zero attached hydrogens (tertiary/aromatic N) is 1. The fourth-order valence-corrected chi connectivity index (χ4v) is 1.68. The van der Waals surface area contributed by atoms with Crippen molar-refractivity contribution in [3.8, 4) is 0 Å². The van der Waals surface area contributed by atoms with Gasteiger partial charge in [-0.2, -0.15) is 0 Å². The van der Waals surface area contributed by atoms with E-state index in [0.29, 0.717) is 5.56 Å². The number of nitrogens with two attached hydrogens (primary N) is 1. The molecule has 20 heavy (non-hydrogen) atoms. The Hall–Kier alpha value is -1.50. The molecule has 6 heteroatoms. The molecule has 0 aromatic heterocycles. The fourth-order valence-electron chi connectivity index (χ4n) is 1.68. The van der Waals surface area contributed by atoms with Gasteiger partial charge in [-0.25, -0.2) is 4.39 Å². The van der Waals surface area contributed by atoms with Crippen molar-refractivity contribution in [1.82, 2.24) is 4.90 Å². The van der Waals surface area contributed by atoms with E-state index in [2.05, 4.69) is 0 Å². The zero-order valence-corrected chi connectivity index (χ0v) is 11.8. The summed E-state index contributed by atoms with van der Waals surface area (Å²) in [6.45, 7) is 2.07. The van der Waals surface area contributed by atoms with Gasteiger partial charge in [-0.05, 0) is 20.0 Å². The summed E-state index contributed by atoms with van der Waals surface area (Å²) >= 11 is 0. The third-order valence-electron chi connectivity index (χ3n) is 3.10. The van der Waals surface area contributed by atoms with Crippen LogP contribution in [0.25, 0.3) is 0 Å². The number of aliphatic hydroxyl groups excluding tert-OH is 1. The second kappa shape index (κ2) is 7.94. The minimum atomic E-state index is -0.770. The molecule has 0 heterocycles. The Morgan fingerprint density at radius 1 is 1.50 bits per heavy atom. The molecule has 112 valence electrons. The molecule has 0 spiro atoms. The summed E-state index contributed by atoms with van der Waals surface area (Å²) in [4.78, 5) is 12.6. The number of aliphatic hydroxyl groups is 1. The molecular weight excluding hydrogens is 263 g/mol. The number of rotatable bonds is 8. The van der Waals surface area contributed by atoms with Crippen molar-refractivity contribution in [2.75, 3.05) is 20.2 Å². The molecule has 0 fully saturated rings. The van der Waals surface area contributed by atoms with E-state index < -0.39 is 18.1 Å². The molecule has 3 N–H and O–H groups in total. The molecule has 0 aliphatic rings. The molecule has 0 bridgehead atoms. The third kappa shape index (κ3) is 5.24. The Bertz CT molecular complexity index is 442. The van der Waals surface area contributed by atoms with E-state index in [4.69, 9.17) is 10.5 Å². The standard InChI is InChI=1S/C14H21FN2O3/c1-10(14(16)19)17(2)7-12(18)9-20-8-11-5-3-4-6-13(11)15/h3-6,10,12,18H,7-9H2,1-2H3,(H2,16,19)/t10-,12?/m1/s1. The maximum Gasteiger partial charge on any atom is 0.234 e. The van der Waals surface area contributed by atoms with Gasteiger partial charge in [-0.1, -0.05) is 18.2 Å². The van der Waals surface area contributed by atoms with Crippen LogP contribution in [0.4, 0.5) is 4.39 Å². The van der Waals surface area contributed by atoms with Crippen molar-refractivity contribution in [2.45, 2.75) is 25.7 Å². The van der Waals surface area contributed by atoms with Crippen LogP contribution in [0.3, 0.4) is 0 Å². The van der Waals surface area contributed by atoms with Gasteiger partial charge in [0.2, 0.25) is 5.91 Å². The first-order valence-electron chi connectivity index (χ1n) is 6.40. The highest BCUT2D eigenvalue weighted by Crippen LogP contribution is 2.08. The number of ether oxygens (including phenoxy) is 1. The maximum atomic E-state index is 13.3. The number of hydrogen-bond donors (Lipinski definition) is 2. The van der Waals surface area contributed by atoms with E-state index in [1.165, 1.54) is 6.07 Å². The van der Waals surface area contributed by atoms with E-state index in [1.54, 1.807) is 37.1 Å². The second-order valence-electron chi connectivity index (χ2n) is 4.78. The second-order valence-corrected chi connectivity index (χ2v) is 4.78. The predicted octanol–water partition coefficient (Wildman–Crippen LogP) is 0.509. The normalized spacial score (nSPS) is 14.2. The fraction of sp³-hybridized carbons (Fsp3) is 0.500. The molecule has 2 atom stereocenters. The number of primary amides is 1. The summed E-state index contributed by atoms with van der Waals surface area (Å²) in [5, 5.41) is 9.79. The molecule has 5 nitrogen and oxygen atoms in total. The summed E-state index contributed by atoms with van der Waals surface area (Å²) in [6.07, 6.45) is -0.770. The Morgan fingerprint density at radius 3 is 2.75 bits per heavy atom. The minimum absolute atomic E-state index is 0.0597. The van der Waals surface area contributed by atoms with Gasteiger partial charge in [-0.3, -0.25) is 9.69 Å². The highest BCUT2D eigenvalue weighted by atomic mass is 19.1. The Labute approximate surface area is 118 Å². The lowest BCUT2D eigenvalue weighted by atomic mass is 10.2. The van der Waals surface area contributed by atoms with Crippen LogP contribution in [-0.4, -0.2) is 48.3 Å². The van der Waals surface area contributed by atoms with Crippen molar-refractivity contribution < 1.29 is 19.0 Å². The van der Waals surface area contributed by atoms with Gasteiger partial charge >= 0.3 is 0 Å². The van der Waals surface area contributed by atoms with E-state index in [1.807, 2.05) is 0 Å². The van der Waals surface area contributed by atoms with E-state index in [9.17, 15) is 14.3 Å². The molecule has 1 aromatic rings. The van der Waals surface area contributed by atoms with Crippen LogP contribution in [0, 0.1) is 5.82 Å². The number of hydrogen-bond acceptors (Lipinski definition) is 4. The Morgan fingerprint density at radius 2 is 2.15 bits per heavy atom. The number of likely N-dealkylation sites (N-methyl/N-ethyl adjacent to an activating group) is 1. The lowest BCUT2D eigenvalue weighted by molar-refractivity contribution is -0.122. The minimum Gasteiger partial charge on any atom is -0.389 e.